The van der Waals surface area contributed by atoms with Crippen molar-refractivity contribution in [3.8, 4) is 5.75 Å². The first-order chi connectivity index (χ1) is 14.1. The molecule has 6 heteroatoms. The van der Waals surface area contributed by atoms with Crippen LogP contribution in [-0.2, 0) is 9.59 Å². The Kier molecular flexibility index (Phi) is 5.53. The van der Waals surface area contributed by atoms with Gasteiger partial charge in [0.25, 0.3) is 0 Å². The van der Waals surface area contributed by atoms with Crippen LogP contribution in [-0.4, -0.2) is 49.0 Å². The van der Waals surface area contributed by atoms with Gasteiger partial charge in [0.15, 0.2) is 0 Å². The lowest BCUT2D eigenvalue weighted by Gasteiger charge is -2.22. The molecule has 2 N–H and O–H groups in total. The van der Waals surface area contributed by atoms with E-state index in [9.17, 15) is 9.59 Å². The van der Waals surface area contributed by atoms with E-state index in [1.165, 1.54) is 0 Å². The zero-order chi connectivity index (χ0) is 20.4. The minimum atomic E-state index is -0.348. The molecule has 0 spiro atoms. The highest BCUT2D eigenvalue weighted by atomic mass is 16.5. The van der Waals surface area contributed by atoms with Gasteiger partial charge in [-0.25, -0.2) is 0 Å². The predicted octanol–water partition coefficient (Wildman–Crippen LogP) is 2.39. The molecule has 2 saturated heterocycles. The molecule has 6 nitrogen and oxygen atoms in total. The van der Waals surface area contributed by atoms with E-state index in [-0.39, 0.29) is 36.1 Å². The largest absolute Gasteiger partial charge is 0.492 e. The van der Waals surface area contributed by atoms with E-state index in [4.69, 9.17) is 10.5 Å². The summed E-state index contributed by atoms with van der Waals surface area (Å²) in [6.45, 7) is 3.94. The molecule has 0 aliphatic carbocycles. The van der Waals surface area contributed by atoms with Crippen LogP contribution in [0.2, 0.25) is 0 Å². The molecule has 0 bridgehead atoms. The van der Waals surface area contributed by atoms with Crippen molar-refractivity contribution in [3.05, 3.63) is 60.2 Å². The van der Waals surface area contributed by atoms with Crippen molar-refractivity contribution in [2.45, 2.75) is 25.3 Å². The summed E-state index contributed by atoms with van der Waals surface area (Å²) < 4.78 is 5.66. The second-order valence-electron chi connectivity index (χ2n) is 7.73. The summed E-state index contributed by atoms with van der Waals surface area (Å²) in [5.41, 5.74) is 8.24. The van der Waals surface area contributed by atoms with Gasteiger partial charge >= 0.3 is 0 Å². The van der Waals surface area contributed by atoms with E-state index < -0.39 is 0 Å². The van der Waals surface area contributed by atoms with Crippen molar-refractivity contribution in [3.63, 3.8) is 0 Å². The predicted molar refractivity (Wildman–Crippen MR) is 112 cm³/mol. The van der Waals surface area contributed by atoms with Gasteiger partial charge in [-0.3, -0.25) is 9.59 Å². The van der Waals surface area contributed by atoms with Crippen LogP contribution >= 0.6 is 0 Å². The quantitative estimate of drug-likeness (QED) is 0.846. The number of amides is 2. The van der Waals surface area contributed by atoms with Gasteiger partial charge in [0, 0.05) is 38.0 Å². The summed E-state index contributed by atoms with van der Waals surface area (Å²) in [5, 5.41) is 0. The molecule has 2 aromatic carbocycles. The molecular formula is C23H27N3O3. The van der Waals surface area contributed by atoms with Gasteiger partial charge in [-0.05, 0) is 24.6 Å². The van der Waals surface area contributed by atoms with E-state index >= 15 is 0 Å². The fraction of sp³-hybridized carbons (Fsp3) is 0.391. The van der Waals surface area contributed by atoms with Gasteiger partial charge in [-0.1, -0.05) is 42.5 Å². The number of nitrogens with two attached hydrogens (primary N) is 1. The smallest absolute Gasteiger partial charge is 0.228 e. The molecule has 0 saturated carbocycles. The zero-order valence-electron chi connectivity index (χ0n) is 16.7. The number of benzene rings is 2. The van der Waals surface area contributed by atoms with E-state index in [1.807, 2.05) is 54.3 Å². The summed E-state index contributed by atoms with van der Waals surface area (Å²) in [6.07, 6.45) is 0.223. The second kappa shape index (κ2) is 8.25. The summed E-state index contributed by atoms with van der Waals surface area (Å²) >= 11 is 0. The lowest BCUT2D eigenvalue weighted by molar-refractivity contribution is -0.134. The maximum atomic E-state index is 13.2. The van der Waals surface area contributed by atoms with Crippen LogP contribution in [0, 0.1) is 5.92 Å². The highest BCUT2D eigenvalue weighted by molar-refractivity contribution is 6.01. The molecule has 2 heterocycles. The average molecular weight is 393 g/mol. The van der Waals surface area contributed by atoms with Crippen LogP contribution < -0.4 is 15.4 Å². The molecule has 2 aliphatic heterocycles. The lowest BCUT2D eigenvalue weighted by atomic mass is 9.95. The third-order valence-electron chi connectivity index (χ3n) is 5.83. The highest BCUT2D eigenvalue weighted by Gasteiger charge is 2.41. The number of nitrogens with zero attached hydrogens (tertiary/aromatic N) is 2. The van der Waals surface area contributed by atoms with Gasteiger partial charge in [0.2, 0.25) is 11.8 Å². The Morgan fingerprint density at radius 3 is 2.55 bits per heavy atom. The summed E-state index contributed by atoms with van der Waals surface area (Å²) in [6, 6.07) is 17.5. The molecule has 3 atom stereocenters. The van der Waals surface area contributed by atoms with Crippen LogP contribution in [0.4, 0.5) is 5.69 Å². The molecule has 29 heavy (non-hydrogen) atoms. The second-order valence-corrected chi connectivity index (χ2v) is 7.73. The van der Waals surface area contributed by atoms with Gasteiger partial charge in [0.1, 0.15) is 5.75 Å². The number of carbonyl (C=O) groups excluding carboxylic acids is 2. The van der Waals surface area contributed by atoms with Crippen LogP contribution in [0.3, 0.4) is 0 Å². The number of carbonyl (C=O) groups is 2. The molecule has 152 valence electrons. The Bertz CT molecular complexity index is 886. The Hall–Kier alpha value is -2.86. The number of hydrogen-bond donors (Lipinski definition) is 1. The fourth-order valence-corrected chi connectivity index (χ4v) is 4.38. The Morgan fingerprint density at radius 2 is 1.79 bits per heavy atom. The number of anilines is 1. The number of para-hydroxylation sites is 2. The van der Waals surface area contributed by atoms with Crippen molar-refractivity contribution in [1.82, 2.24) is 4.90 Å². The first-order valence-electron chi connectivity index (χ1n) is 10.2. The summed E-state index contributed by atoms with van der Waals surface area (Å²) in [7, 11) is 0. The molecule has 0 radical (unpaired) electrons. The Labute approximate surface area is 171 Å². The van der Waals surface area contributed by atoms with Gasteiger partial charge in [-0.2, -0.15) is 0 Å². The molecule has 2 aromatic rings. The fourth-order valence-electron chi connectivity index (χ4n) is 4.38. The number of hydrogen-bond acceptors (Lipinski definition) is 4. The zero-order valence-corrected chi connectivity index (χ0v) is 16.7. The van der Waals surface area contributed by atoms with Gasteiger partial charge in [0.05, 0.1) is 18.2 Å². The van der Waals surface area contributed by atoms with Crippen LogP contribution in [0.25, 0.3) is 0 Å². The number of rotatable bonds is 5. The number of likely N-dealkylation sites (tertiary alicyclic amines) is 1. The SMILES string of the molecule is CCOc1ccccc1N1CC(C(=O)N2C[C@@H](N)[C@H](c3ccccc3)C2)CC1=O. The Balaban J connectivity index is 1.46. The van der Waals surface area contributed by atoms with Crippen LogP contribution in [0.5, 0.6) is 5.75 Å². The summed E-state index contributed by atoms with van der Waals surface area (Å²) in [4.78, 5) is 29.4. The molecule has 2 aliphatic rings. The normalized spacial score (nSPS) is 24.2. The topological polar surface area (TPSA) is 75.9 Å². The monoisotopic (exact) mass is 393 g/mol. The molecule has 2 fully saturated rings. The van der Waals surface area contributed by atoms with Crippen LogP contribution in [0.1, 0.15) is 24.8 Å². The van der Waals surface area contributed by atoms with Gasteiger partial charge < -0.3 is 20.3 Å². The molecule has 2 amide bonds. The van der Waals surface area contributed by atoms with Gasteiger partial charge in [-0.15, -0.1) is 0 Å². The maximum absolute atomic E-state index is 13.2. The minimum Gasteiger partial charge on any atom is -0.492 e. The first-order valence-corrected chi connectivity index (χ1v) is 10.2. The van der Waals surface area contributed by atoms with Crippen molar-refractivity contribution in [2.75, 3.05) is 31.1 Å². The molecule has 0 aromatic heterocycles. The molecule has 1 unspecified atom stereocenters. The highest BCUT2D eigenvalue weighted by Crippen LogP contribution is 2.35. The third-order valence-corrected chi connectivity index (χ3v) is 5.83. The van der Waals surface area contributed by atoms with Crippen molar-refractivity contribution < 1.29 is 14.3 Å². The summed E-state index contributed by atoms with van der Waals surface area (Å²) in [5.74, 6) is 0.428. The van der Waals surface area contributed by atoms with E-state index in [0.29, 0.717) is 32.0 Å². The molecular weight excluding hydrogens is 366 g/mol. The van der Waals surface area contributed by atoms with E-state index in [1.54, 1.807) is 4.90 Å². The number of ether oxygens (including phenoxy) is 1. The van der Waals surface area contributed by atoms with E-state index in [2.05, 4.69) is 12.1 Å². The Morgan fingerprint density at radius 1 is 1.07 bits per heavy atom. The minimum absolute atomic E-state index is 0.0172. The average Bonchev–Trinajstić information content (AvgIpc) is 3.32. The third kappa shape index (κ3) is 3.85. The standard InChI is InChI=1S/C23H27N3O3/c1-2-29-21-11-7-6-10-20(21)26-13-17(12-22(26)27)23(28)25-14-18(19(24)15-25)16-8-4-3-5-9-16/h3-11,17-19H,2,12-15,24H2,1H3/t17?,18-,19+/m0/s1. The van der Waals surface area contributed by atoms with Crippen molar-refractivity contribution >= 4 is 17.5 Å². The van der Waals surface area contributed by atoms with Crippen molar-refractivity contribution in [1.29, 1.82) is 0 Å². The van der Waals surface area contributed by atoms with Crippen LogP contribution in [0.15, 0.2) is 54.6 Å². The first kappa shape index (κ1) is 19.5. The molecule has 4 rings (SSSR count). The van der Waals surface area contributed by atoms with Crippen molar-refractivity contribution in [2.24, 2.45) is 11.7 Å². The maximum Gasteiger partial charge on any atom is 0.228 e. The lowest BCUT2D eigenvalue weighted by Crippen LogP contribution is -2.37. The van der Waals surface area contributed by atoms with E-state index in [0.717, 1.165) is 11.3 Å².